The van der Waals surface area contributed by atoms with Crippen molar-refractivity contribution in [3.8, 4) is 11.5 Å². The van der Waals surface area contributed by atoms with Crippen LogP contribution >= 0.6 is 0 Å². The van der Waals surface area contributed by atoms with Gasteiger partial charge in [0.1, 0.15) is 17.5 Å². The number of ether oxygens (including phenoxy) is 3. The van der Waals surface area contributed by atoms with Crippen LogP contribution in [0.4, 0.5) is 0 Å². The van der Waals surface area contributed by atoms with Gasteiger partial charge in [0, 0.05) is 32.3 Å². The van der Waals surface area contributed by atoms with E-state index in [1.54, 1.807) is 61.6 Å². The lowest BCUT2D eigenvalue weighted by Crippen LogP contribution is -2.54. The number of carbonyl (C=O) groups excluding carboxylic acids is 3. The smallest absolute Gasteiger partial charge is 0.257 e. The summed E-state index contributed by atoms with van der Waals surface area (Å²) in [5.74, 6) is 0.334. The van der Waals surface area contributed by atoms with Crippen molar-refractivity contribution < 1.29 is 28.6 Å². The number of nitrogens with zero attached hydrogens (tertiary/aromatic N) is 1. The van der Waals surface area contributed by atoms with Crippen LogP contribution in [0.15, 0.2) is 48.5 Å². The number of rotatable bonds is 10. The Labute approximate surface area is 205 Å². The zero-order valence-electron chi connectivity index (χ0n) is 20.4. The van der Waals surface area contributed by atoms with Crippen LogP contribution in [0.2, 0.25) is 0 Å². The summed E-state index contributed by atoms with van der Waals surface area (Å²) >= 11 is 0. The molecule has 2 aromatic rings. The van der Waals surface area contributed by atoms with Crippen LogP contribution in [0.1, 0.15) is 33.6 Å². The van der Waals surface area contributed by atoms with Gasteiger partial charge in [-0.3, -0.25) is 14.4 Å². The quantitative estimate of drug-likeness (QED) is 0.502. The van der Waals surface area contributed by atoms with Gasteiger partial charge < -0.3 is 29.7 Å². The summed E-state index contributed by atoms with van der Waals surface area (Å²) in [6, 6.07) is 13.1. The van der Waals surface area contributed by atoms with Gasteiger partial charge in [-0.1, -0.05) is 12.1 Å². The number of carbonyl (C=O) groups is 3. The van der Waals surface area contributed by atoms with Crippen molar-refractivity contribution in [3.63, 3.8) is 0 Å². The first-order chi connectivity index (χ1) is 17.0. The van der Waals surface area contributed by atoms with E-state index < -0.39 is 6.04 Å². The van der Waals surface area contributed by atoms with Crippen molar-refractivity contribution in [2.75, 3.05) is 47.6 Å². The Bertz CT molecular complexity index is 1000. The highest BCUT2D eigenvalue weighted by molar-refractivity contribution is 5.98. The Balaban J connectivity index is 1.69. The van der Waals surface area contributed by atoms with Crippen molar-refractivity contribution in [1.29, 1.82) is 0 Å². The molecule has 3 rings (SSSR count). The maximum Gasteiger partial charge on any atom is 0.257 e. The molecule has 1 atom stereocenters. The van der Waals surface area contributed by atoms with Gasteiger partial charge >= 0.3 is 0 Å². The van der Waals surface area contributed by atoms with Gasteiger partial charge in [-0.25, -0.2) is 0 Å². The summed E-state index contributed by atoms with van der Waals surface area (Å²) < 4.78 is 15.5. The van der Waals surface area contributed by atoms with E-state index in [2.05, 4.69) is 10.6 Å². The van der Waals surface area contributed by atoms with Crippen LogP contribution in [0.5, 0.6) is 11.5 Å². The molecule has 188 valence electrons. The van der Waals surface area contributed by atoms with E-state index in [1.165, 1.54) is 7.11 Å². The molecule has 1 saturated heterocycles. The maximum absolute atomic E-state index is 13.1. The van der Waals surface area contributed by atoms with Crippen LogP contribution in [0.25, 0.3) is 0 Å². The molecule has 3 amide bonds. The predicted octanol–water partition coefficient (Wildman–Crippen LogP) is 2.12. The van der Waals surface area contributed by atoms with Gasteiger partial charge in [0.15, 0.2) is 0 Å². The molecule has 1 aliphatic rings. The second-order valence-corrected chi connectivity index (χ2v) is 8.29. The van der Waals surface area contributed by atoms with Gasteiger partial charge in [0.25, 0.3) is 11.8 Å². The Kier molecular flexibility index (Phi) is 9.48. The zero-order valence-corrected chi connectivity index (χ0v) is 20.4. The highest BCUT2D eigenvalue weighted by atomic mass is 16.5. The molecule has 0 saturated carbocycles. The van der Waals surface area contributed by atoms with Crippen molar-refractivity contribution in [3.05, 3.63) is 59.7 Å². The minimum Gasteiger partial charge on any atom is -0.497 e. The largest absolute Gasteiger partial charge is 0.497 e. The fourth-order valence-corrected chi connectivity index (χ4v) is 4.18. The van der Waals surface area contributed by atoms with E-state index >= 15 is 0 Å². The van der Waals surface area contributed by atoms with E-state index in [0.29, 0.717) is 61.7 Å². The molecule has 9 nitrogen and oxygen atoms in total. The first-order valence-electron chi connectivity index (χ1n) is 11.6. The predicted molar refractivity (Wildman–Crippen MR) is 131 cm³/mol. The summed E-state index contributed by atoms with van der Waals surface area (Å²) in [7, 11) is 4.65. The number of piperidine rings is 1. The molecule has 2 N–H and O–H groups in total. The SMILES string of the molecule is COCCNC(=O)[C@H](NC(=O)c1ccc(OC)cc1)C1CCN(C(=O)c2ccccc2OC)CC1. The van der Waals surface area contributed by atoms with Crippen molar-refractivity contribution in [1.82, 2.24) is 15.5 Å². The number of hydrogen-bond acceptors (Lipinski definition) is 6. The summed E-state index contributed by atoms with van der Waals surface area (Å²) in [5, 5.41) is 5.74. The fourth-order valence-electron chi connectivity index (χ4n) is 4.18. The summed E-state index contributed by atoms with van der Waals surface area (Å²) in [6.07, 6.45) is 1.15. The van der Waals surface area contributed by atoms with Gasteiger partial charge in [0.05, 0.1) is 26.4 Å². The highest BCUT2D eigenvalue weighted by Crippen LogP contribution is 2.26. The molecular weight excluding hydrogens is 450 g/mol. The third-order valence-electron chi connectivity index (χ3n) is 6.16. The number of nitrogens with one attached hydrogen (secondary N) is 2. The summed E-state index contributed by atoms with van der Waals surface area (Å²) in [5.41, 5.74) is 0.944. The maximum atomic E-state index is 13.1. The van der Waals surface area contributed by atoms with Crippen LogP contribution < -0.4 is 20.1 Å². The molecule has 1 fully saturated rings. The van der Waals surface area contributed by atoms with Crippen LogP contribution in [-0.2, 0) is 9.53 Å². The molecule has 0 radical (unpaired) electrons. The van der Waals surface area contributed by atoms with Gasteiger partial charge in [-0.2, -0.15) is 0 Å². The Morgan fingerprint density at radius 3 is 2.29 bits per heavy atom. The van der Waals surface area contributed by atoms with Crippen molar-refractivity contribution in [2.45, 2.75) is 18.9 Å². The Morgan fingerprint density at radius 2 is 1.66 bits per heavy atom. The molecule has 2 aromatic carbocycles. The van der Waals surface area contributed by atoms with Crippen LogP contribution in [0, 0.1) is 5.92 Å². The van der Waals surface area contributed by atoms with E-state index in [9.17, 15) is 14.4 Å². The average molecular weight is 484 g/mol. The third kappa shape index (κ3) is 6.73. The standard InChI is InChI=1S/C26H33N3O6/c1-33-17-14-27-25(31)23(28-24(30)19-8-10-20(34-2)11-9-19)18-12-15-29(16-13-18)26(32)21-6-4-5-7-22(21)35-3/h4-11,18,23H,12-17H2,1-3H3,(H,27,31)(H,28,30)/t23-/m1/s1. The highest BCUT2D eigenvalue weighted by Gasteiger charge is 2.34. The molecule has 0 unspecified atom stereocenters. The Morgan fingerprint density at radius 1 is 0.971 bits per heavy atom. The average Bonchev–Trinajstić information content (AvgIpc) is 2.91. The summed E-state index contributed by atoms with van der Waals surface area (Å²) in [6.45, 7) is 1.66. The first kappa shape index (κ1) is 26.0. The van der Waals surface area contributed by atoms with E-state index in [0.717, 1.165) is 0 Å². The second-order valence-electron chi connectivity index (χ2n) is 8.29. The number of methoxy groups -OCH3 is 3. The molecule has 35 heavy (non-hydrogen) atoms. The van der Waals surface area contributed by atoms with E-state index in [1.807, 2.05) is 6.07 Å². The minimum absolute atomic E-state index is 0.107. The number of likely N-dealkylation sites (tertiary alicyclic amines) is 1. The first-order valence-corrected chi connectivity index (χ1v) is 11.6. The van der Waals surface area contributed by atoms with Crippen LogP contribution in [-0.4, -0.2) is 76.2 Å². The minimum atomic E-state index is -0.732. The molecule has 0 bridgehead atoms. The molecule has 1 heterocycles. The zero-order chi connectivity index (χ0) is 25.2. The number of para-hydroxylation sites is 1. The van der Waals surface area contributed by atoms with E-state index in [-0.39, 0.29) is 23.6 Å². The lowest BCUT2D eigenvalue weighted by molar-refractivity contribution is -0.124. The second kappa shape index (κ2) is 12.8. The fraction of sp³-hybridized carbons (Fsp3) is 0.423. The topological polar surface area (TPSA) is 106 Å². The molecule has 0 spiro atoms. The van der Waals surface area contributed by atoms with E-state index in [4.69, 9.17) is 14.2 Å². The molecule has 0 aromatic heterocycles. The molecular formula is C26H33N3O6. The normalized spacial score (nSPS) is 14.7. The van der Waals surface area contributed by atoms with Crippen molar-refractivity contribution in [2.24, 2.45) is 5.92 Å². The third-order valence-corrected chi connectivity index (χ3v) is 6.16. The van der Waals surface area contributed by atoms with Gasteiger partial charge in [0.2, 0.25) is 5.91 Å². The number of benzene rings is 2. The summed E-state index contributed by atoms with van der Waals surface area (Å²) in [4.78, 5) is 40.7. The lowest BCUT2D eigenvalue weighted by Gasteiger charge is -2.36. The number of hydrogen-bond donors (Lipinski definition) is 2. The lowest BCUT2D eigenvalue weighted by atomic mass is 9.88. The monoisotopic (exact) mass is 483 g/mol. The Hall–Kier alpha value is -3.59. The van der Waals surface area contributed by atoms with Gasteiger partial charge in [-0.15, -0.1) is 0 Å². The molecule has 0 aliphatic carbocycles. The van der Waals surface area contributed by atoms with Gasteiger partial charge in [-0.05, 0) is 55.2 Å². The number of amides is 3. The van der Waals surface area contributed by atoms with Crippen LogP contribution in [0.3, 0.4) is 0 Å². The molecule has 9 heteroatoms. The molecule has 1 aliphatic heterocycles. The van der Waals surface area contributed by atoms with Crippen molar-refractivity contribution >= 4 is 17.7 Å².